The maximum atomic E-state index is 11.4. The Bertz CT molecular complexity index is 173. The molecule has 0 unspecified atom stereocenters. The van der Waals surface area contributed by atoms with Gasteiger partial charge in [-0.15, -0.1) is 0 Å². The zero-order chi connectivity index (χ0) is 10.3. The molecule has 0 aromatic carbocycles. The molecule has 0 saturated carbocycles. The second-order valence-corrected chi connectivity index (χ2v) is 3.55. The van der Waals surface area contributed by atoms with Crippen LogP contribution in [0.25, 0.3) is 0 Å². The lowest BCUT2D eigenvalue weighted by atomic mass is 9.91. The molecule has 1 atom stereocenters. The second kappa shape index (κ2) is 6.81. The Morgan fingerprint density at radius 3 is 2.08 bits per heavy atom. The summed E-state index contributed by atoms with van der Waals surface area (Å²) in [6, 6.07) is 0. The third-order valence-electron chi connectivity index (χ3n) is 2.26. The number of hydrogen-bond acceptors (Lipinski definition) is 2. The number of Topliss-reactive ketones (excluding diaryl/α,β-unsaturated/α-hetero) is 2. The van der Waals surface area contributed by atoms with Crippen molar-refractivity contribution in [3.63, 3.8) is 0 Å². The largest absolute Gasteiger partial charge is 0.291 e. The highest BCUT2D eigenvalue weighted by molar-refractivity contribution is 6.36. The van der Waals surface area contributed by atoms with E-state index < -0.39 is 0 Å². The summed E-state index contributed by atoms with van der Waals surface area (Å²) in [5.74, 6) is -0.465. The highest BCUT2D eigenvalue weighted by Gasteiger charge is 2.20. The molecule has 0 fully saturated rings. The maximum Gasteiger partial charge on any atom is 0.201 e. The van der Waals surface area contributed by atoms with Gasteiger partial charge in [0.1, 0.15) is 0 Å². The van der Waals surface area contributed by atoms with E-state index in [9.17, 15) is 9.59 Å². The van der Waals surface area contributed by atoms with Gasteiger partial charge >= 0.3 is 0 Å². The Morgan fingerprint density at radius 2 is 1.69 bits per heavy atom. The summed E-state index contributed by atoms with van der Waals surface area (Å²) in [6.07, 6.45) is 4.85. The van der Waals surface area contributed by atoms with Gasteiger partial charge in [-0.1, -0.05) is 33.1 Å². The number of carbonyl (C=O) groups is 2. The fourth-order valence-electron chi connectivity index (χ4n) is 1.49. The lowest BCUT2D eigenvalue weighted by Crippen LogP contribution is -2.21. The first-order chi connectivity index (χ1) is 6.13. The molecule has 2 nitrogen and oxygen atoms in total. The van der Waals surface area contributed by atoms with E-state index in [4.69, 9.17) is 0 Å². The van der Waals surface area contributed by atoms with Crippen LogP contribution in [0, 0.1) is 5.92 Å². The standard InChI is InChI=1S/C11H20O2/c1-4-6-8-10(7-5-2)11(13)9(3)12/h10H,4-8H2,1-3H3/t10-/m1/s1. The maximum absolute atomic E-state index is 11.4. The molecular formula is C11H20O2. The Balaban J connectivity index is 4.06. The third kappa shape index (κ3) is 4.81. The zero-order valence-corrected chi connectivity index (χ0v) is 8.93. The molecule has 76 valence electrons. The summed E-state index contributed by atoms with van der Waals surface area (Å²) in [4.78, 5) is 22.3. The molecule has 0 N–H and O–H groups in total. The third-order valence-corrected chi connectivity index (χ3v) is 2.26. The molecule has 0 heterocycles. The molecule has 0 aliphatic heterocycles. The molecule has 0 aliphatic rings. The first kappa shape index (κ1) is 12.3. The normalized spacial score (nSPS) is 12.5. The van der Waals surface area contributed by atoms with Crippen LogP contribution in [-0.4, -0.2) is 11.6 Å². The lowest BCUT2D eigenvalue weighted by molar-refractivity contribution is -0.138. The van der Waals surface area contributed by atoms with Gasteiger partial charge in [-0.3, -0.25) is 9.59 Å². The van der Waals surface area contributed by atoms with Crippen molar-refractivity contribution in [1.82, 2.24) is 0 Å². The quantitative estimate of drug-likeness (QED) is 0.570. The van der Waals surface area contributed by atoms with Crippen LogP contribution >= 0.6 is 0 Å². The molecule has 0 radical (unpaired) electrons. The van der Waals surface area contributed by atoms with Gasteiger partial charge in [0.25, 0.3) is 0 Å². The molecule has 0 aromatic heterocycles. The lowest BCUT2D eigenvalue weighted by Gasteiger charge is -2.11. The van der Waals surface area contributed by atoms with Gasteiger partial charge in [-0.05, 0) is 12.8 Å². The Kier molecular flexibility index (Phi) is 6.47. The van der Waals surface area contributed by atoms with Gasteiger partial charge < -0.3 is 0 Å². The minimum absolute atomic E-state index is 0.0116. The van der Waals surface area contributed by atoms with Gasteiger partial charge in [0, 0.05) is 12.8 Å². The zero-order valence-electron chi connectivity index (χ0n) is 8.93. The molecule has 2 heteroatoms. The Hall–Kier alpha value is -0.660. The molecular weight excluding hydrogens is 164 g/mol. The van der Waals surface area contributed by atoms with Crippen LogP contribution in [0.2, 0.25) is 0 Å². The van der Waals surface area contributed by atoms with E-state index in [1.807, 2.05) is 6.92 Å². The van der Waals surface area contributed by atoms with Crippen molar-refractivity contribution in [1.29, 1.82) is 0 Å². The Morgan fingerprint density at radius 1 is 1.08 bits per heavy atom. The number of rotatable bonds is 7. The molecule has 13 heavy (non-hydrogen) atoms. The van der Waals surface area contributed by atoms with Crippen molar-refractivity contribution in [2.24, 2.45) is 5.92 Å². The summed E-state index contributed by atoms with van der Waals surface area (Å²) in [5, 5.41) is 0. The van der Waals surface area contributed by atoms with E-state index >= 15 is 0 Å². The molecule has 0 rings (SSSR count). The summed E-state index contributed by atoms with van der Waals surface area (Å²) < 4.78 is 0. The van der Waals surface area contributed by atoms with Gasteiger partial charge in [0.15, 0.2) is 5.78 Å². The summed E-state index contributed by atoms with van der Waals surface area (Å²) in [7, 11) is 0. The summed E-state index contributed by atoms with van der Waals surface area (Å²) in [5.41, 5.74) is 0. The van der Waals surface area contributed by atoms with E-state index in [1.165, 1.54) is 6.92 Å². The van der Waals surface area contributed by atoms with Gasteiger partial charge in [-0.25, -0.2) is 0 Å². The van der Waals surface area contributed by atoms with E-state index in [-0.39, 0.29) is 17.5 Å². The van der Waals surface area contributed by atoms with Crippen LogP contribution in [0.15, 0.2) is 0 Å². The topological polar surface area (TPSA) is 34.1 Å². The first-order valence-corrected chi connectivity index (χ1v) is 5.18. The average Bonchev–Trinajstić information content (AvgIpc) is 2.11. The van der Waals surface area contributed by atoms with E-state index in [0.29, 0.717) is 0 Å². The van der Waals surface area contributed by atoms with E-state index in [0.717, 1.165) is 32.1 Å². The van der Waals surface area contributed by atoms with Gasteiger partial charge in [0.05, 0.1) is 0 Å². The van der Waals surface area contributed by atoms with Crippen molar-refractivity contribution in [3.05, 3.63) is 0 Å². The minimum Gasteiger partial charge on any atom is -0.291 e. The number of hydrogen-bond donors (Lipinski definition) is 0. The van der Waals surface area contributed by atoms with Gasteiger partial charge in [0.2, 0.25) is 5.78 Å². The molecule has 0 amide bonds. The SMILES string of the molecule is CCCC[C@@H](CCC)C(=O)C(C)=O. The summed E-state index contributed by atoms with van der Waals surface area (Å²) >= 11 is 0. The summed E-state index contributed by atoms with van der Waals surface area (Å²) in [6.45, 7) is 5.52. The highest BCUT2D eigenvalue weighted by Crippen LogP contribution is 2.16. The Labute approximate surface area is 80.7 Å². The predicted octanol–water partition coefficient (Wildman–Crippen LogP) is 2.75. The smallest absolute Gasteiger partial charge is 0.201 e. The first-order valence-electron chi connectivity index (χ1n) is 5.18. The molecule has 0 spiro atoms. The van der Waals surface area contributed by atoms with Crippen molar-refractivity contribution in [2.75, 3.05) is 0 Å². The molecule has 0 aromatic rings. The van der Waals surface area contributed by atoms with Crippen LogP contribution in [0.1, 0.15) is 52.9 Å². The fraction of sp³-hybridized carbons (Fsp3) is 0.818. The number of carbonyl (C=O) groups excluding carboxylic acids is 2. The second-order valence-electron chi connectivity index (χ2n) is 3.55. The monoisotopic (exact) mass is 184 g/mol. The minimum atomic E-state index is -0.283. The number of ketones is 2. The van der Waals surface area contributed by atoms with Crippen LogP contribution in [0.5, 0.6) is 0 Å². The van der Waals surface area contributed by atoms with Crippen molar-refractivity contribution in [3.8, 4) is 0 Å². The van der Waals surface area contributed by atoms with E-state index in [1.54, 1.807) is 0 Å². The predicted molar refractivity (Wildman–Crippen MR) is 53.6 cm³/mol. The molecule has 0 bridgehead atoms. The van der Waals surface area contributed by atoms with Crippen LogP contribution in [-0.2, 0) is 9.59 Å². The van der Waals surface area contributed by atoms with Gasteiger partial charge in [-0.2, -0.15) is 0 Å². The van der Waals surface area contributed by atoms with Crippen LogP contribution < -0.4 is 0 Å². The van der Waals surface area contributed by atoms with Crippen molar-refractivity contribution >= 4 is 11.6 Å². The average molecular weight is 184 g/mol. The molecule has 0 saturated heterocycles. The van der Waals surface area contributed by atoms with Crippen LogP contribution in [0.3, 0.4) is 0 Å². The van der Waals surface area contributed by atoms with Crippen molar-refractivity contribution in [2.45, 2.75) is 52.9 Å². The van der Waals surface area contributed by atoms with E-state index in [2.05, 4.69) is 6.92 Å². The fourth-order valence-corrected chi connectivity index (χ4v) is 1.49. The van der Waals surface area contributed by atoms with Crippen LogP contribution in [0.4, 0.5) is 0 Å². The van der Waals surface area contributed by atoms with Crippen molar-refractivity contribution < 1.29 is 9.59 Å². The highest BCUT2D eigenvalue weighted by atomic mass is 16.2. The molecule has 0 aliphatic carbocycles. The number of unbranched alkanes of at least 4 members (excludes halogenated alkanes) is 1.